The van der Waals surface area contributed by atoms with Crippen molar-refractivity contribution in [3.63, 3.8) is 0 Å². The van der Waals surface area contributed by atoms with Crippen LogP contribution in [0.2, 0.25) is 0 Å². The molecule has 150 valence electrons. The Labute approximate surface area is 168 Å². The molecule has 1 aliphatic heterocycles. The highest BCUT2D eigenvalue weighted by Crippen LogP contribution is 2.27. The fourth-order valence-electron chi connectivity index (χ4n) is 3.52. The van der Waals surface area contributed by atoms with Crippen molar-refractivity contribution in [3.05, 3.63) is 60.3 Å². The SMILES string of the molecule is COc1ccc(C(=O)N2CC[C@@H](Oc3ccc4ncccc4c3)[C@H](O)C2)c(O)c1. The summed E-state index contributed by atoms with van der Waals surface area (Å²) in [5, 5.41) is 21.6. The predicted molar refractivity (Wildman–Crippen MR) is 107 cm³/mol. The smallest absolute Gasteiger partial charge is 0.257 e. The van der Waals surface area contributed by atoms with Crippen LogP contribution in [0.25, 0.3) is 10.9 Å². The van der Waals surface area contributed by atoms with Crippen molar-refractivity contribution in [3.8, 4) is 17.2 Å². The summed E-state index contributed by atoms with van der Waals surface area (Å²) in [6.07, 6.45) is 0.963. The van der Waals surface area contributed by atoms with Gasteiger partial charge in [0.2, 0.25) is 0 Å². The first-order valence-corrected chi connectivity index (χ1v) is 9.41. The average molecular weight is 394 g/mol. The van der Waals surface area contributed by atoms with E-state index in [4.69, 9.17) is 9.47 Å². The van der Waals surface area contributed by atoms with Gasteiger partial charge >= 0.3 is 0 Å². The summed E-state index contributed by atoms with van der Waals surface area (Å²) < 4.78 is 11.0. The summed E-state index contributed by atoms with van der Waals surface area (Å²) >= 11 is 0. The van der Waals surface area contributed by atoms with Gasteiger partial charge in [-0.1, -0.05) is 6.07 Å². The van der Waals surface area contributed by atoms with E-state index in [9.17, 15) is 15.0 Å². The van der Waals surface area contributed by atoms with E-state index < -0.39 is 12.2 Å². The molecule has 0 unspecified atom stereocenters. The first-order chi connectivity index (χ1) is 14.0. The molecule has 1 saturated heterocycles. The van der Waals surface area contributed by atoms with Gasteiger partial charge in [0, 0.05) is 30.6 Å². The Kier molecular flexibility index (Phi) is 5.22. The lowest BCUT2D eigenvalue weighted by atomic mass is 10.0. The maximum absolute atomic E-state index is 12.7. The molecular weight excluding hydrogens is 372 g/mol. The minimum Gasteiger partial charge on any atom is -0.507 e. The van der Waals surface area contributed by atoms with Crippen molar-refractivity contribution in [1.82, 2.24) is 9.88 Å². The minimum absolute atomic E-state index is 0.129. The Bertz CT molecular complexity index is 1040. The number of benzene rings is 2. The summed E-state index contributed by atoms with van der Waals surface area (Å²) in [5.74, 6) is 0.644. The number of carbonyl (C=O) groups is 1. The minimum atomic E-state index is -0.835. The number of aromatic hydroxyl groups is 1. The Balaban J connectivity index is 1.43. The van der Waals surface area contributed by atoms with Gasteiger partial charge in [-0.3, -0.25) is 9.78 Å². The van der Waals surface area contributed by atoms with Gasteiger partial charge in [-0.05, 0) is 36.4 Å². The second-order valence-corrected chi connectivity index (χ2v) is 7.00. The number of phenolic OH excluding ortho intramolecular Hbond substituents is 1. The number of β-amino-alcohol motifs (C(OH)–C–C–N with tert-alkyl or cyclic N) is 1. The number of aromatic nitrogens is 1. The number of hydrogen-bond acceptors (Lipinski definition) is 6. The van der Waals surface area contributed by atoms with E-state index in [1.165, 1.54) is 24.1 Å². The van der Waals surface area contributed by atoms with Gasteiger partial charge < -0.3 is 24.6 Å². The number of carbonyl (C=O) groups excluding carboxylic acids is 1. The van der Waals surface area contributed by atoms with Gasteiger partial charge in [0.1, 0.15) is 29.5 Å². The summed E-state index contributed by atoms with van der Waals surface area (Å²) in [4.78, 5) is 18.6. The van der Waals surface area contributed by atoms with Crippen LogP contribution in [0.15, 0.2) is 54.7 Å². The Morgan fingerprint density at radius 3 is 2.76 bits per heavy atom. The topological polar surface area (TPSA) is 92.1 Å². The van der Waals surface area contributed by atoms with E-state index >= 15 is 0 Å². The molecule has 2 atom stereocenters. The van der Waals surface area contributed by atoms with Crippen molar-refractivity contribution >= 4 is 16.8 Å². The van der Waals surface area contributed by atoms with E-state index in [-0.39, 0.29) is 23.8 Å². The van der Waals surface area contributed by atoms with Gasteiger partial charge in [0.05, 0.1) is 24.7 Å². The zero-order valence-corrected chi connectivity index (χ0v) is 16.0. The highest BCUT2D eigenvalue weighted by molar-refractivity contribution is 5.97. The molecule has 2 aromatic carbocycles. The Morgan fingerprint density at radius 2 is 2.00 bits per heavy atom. The van der Waals surface area contributed by atoms with Crippen LogP contribution >= 0.6 is 0 Å². The molecule has 0 aliphatic carbocycles. The molecule has 1 aliphatic rings. The van der Waals surface area contributed by atoms with Crippen molar-refractivity contribution in [2.45, 2.75) is 18.6 Å². The number of fused-ring (bicyclic) bond motifs is 1. The van der Waals surface area contributed by atoms with Crippen LogP contribution in [0, 0.1) is 0 Å². The van der Waals surface area contributed by atoms with Crippen LogP contribution in [-0.4, -0.2) is 58.4 Å². The number of rotatable bonds is 4. The average Bonchev–Trinajstić information content (AvgIpc) is 2.74. The third-order valence-electron chi connectivity index (χ3n) is 5.10. The second kappa shape index (κ2) is 7.97. The van der Waals surface area contributed by atoms with Crippen LogP contribution in [0.5, 0.6) is 17.2 Å². The number of aliphatic hydroxyl groups is 1. The highest BCUT2D eigenvalue weighted by Gasteiger charge is 2.32. The molecular formula is C22H22N2O5. The van der Waals surface area contributed by atoms with E-state index in [0.29, 0.717) is 24.5 Å². The largest absolute Gasteiger partial charge is 0.507 e. The van der Waals surface area contributed by atoms with Gasteiger partial charge in [-0.2, -0.15) is 0 Å². The molecule has 0 radical (unpaired) electrons. The molecule has 0 spiro atoms. The third-order valence-corrected chi connectivity index (χ3v) is 5.10. The fourth-order valence-corrected chi connectivity index (χ4v) is 3.52. The van der Waals surface area contributed by atoms with Crippen LogP contribution < -0.4 is 9.47 Å². The van der Waals surface area contributed by atoms with Crippen LogP contribution in [-0.2, 0) is 0 Å². The monoisotopic (exact) mass is 394 g/mol. The maximum Gasteiger partial charge on any atom is 0.257 e. The molecule has 1 fully saturated rings. The maximum atomic E-state index is 12.7. The van der Waals surface area contributed by atoms with Crippen molar-refractivity contribution in [2.75, 3.05) is 20.2 Å². The molecule has 1 amide bonds. The molecule has 0 saturated carbocycles. The van der Waals surface area contributed by atoms with Crippen LogP contribution in [0.3, 0.4) is 0 Å². The third kappa shape index (κ3) is 3.95. The molecule has 1 aromatic heterocycles. The quantitative estimate of drug-likeness (QED) is 0.707. The summed E-state index contributed by atoms with van der Waals surface area (Å²) in [7, 11) is 1.49. The first-order valence-electron chi connectivity index (χ1n) is 9.41. The molecule has 4 rings (SSSR count). The molecule has 2 heterocycles. The first kappa shape index (κ1) is 19.0. The van der Waals surface area contributed by atoms with E-state index in [0.717, 1.165) is 10.9 Å². The molecule has 3 aromatic rings. The van der Waals surface area contributed by atoms with E-state index in [1.54, 1.807) is 12.3 Å². The van der Waals surface area contributed by atoms with Crippen molar-refractivity contribution < 1.29 is 24.5 Å². The number of piperidine rings is 1. The molecule has 0 bridgehead atoms. The zero-order chi connectivity index (χ0) is 20.4. The number of phenols is 1. The van der Waals surface area contributed by atoms with Crippen molar-refractivity contribution in [2.24, 2.45) is 0 Å². The van der Waals surface area contributed by atoms with Crippen LogP contribution in [0.4, 0.5) is 0 Å². The summed E-state index contributed by atoms with van der Waals surface area (Å²) in [6.45, 7) is 0.547. The van der Waals surface area contributed by atoms with E-state index in [2.05, 4.69) is 4.98 Å². The Hall–Kier alpha value is -3.32. The second-order valence-electron chi connectivity index (χ2n) is 7.00. The standard InChI is InChI=1S/C22H22N2O5/c1-28-15-4-6-17(19(25)12-15)22(27)24-10-8-21(20(26)13-24)29-16-5-7-18-14(11-16)3-2-9-23-18/h2-7,9,11-12,20-21,25-26H,8,10,13H2,1H3/t20-,21-/m1/s1. The molecule has 7 nitrogen and oxygen atoms in total. The lowest BCUT2D eigenvalue weighted by Crippen LogP contribution is -2.51. The number of aliphatic hydroxyl groups excluding tert-OH is 1. The lowest BCUT2D eigenvalue weighted by molar-refractivity contribution is -0.0199. The molecule has 7 heteroatoms. The number of likely N-dealkylation sites (tertiary alicyclic amines) is 1. The van der Waals surface area contributed by atoms with Gasteiger partial charge in [-0.25, -0.2) is 0 Å². The number of ether oxygens (including phenoxy) is 2. The molecule has 29 heavy (non-hydrogen) atoms. The number of nitrogens with zero attached hydrogens (tertiary/aromatic N) is 2. The fraction of sp³-hybridized carbons (Fsp3) is 0.273. The van der Waals surface area contributed by atoms with Crippen molar-refractivity contribution in [1.29, 1.82) is 0 Å². The Morgan fingerprint density at radius 1 is 1.17 bits per heavy atom. The van der Waals surface area contributed by atoms with Gasteiger partial charge in [-0.15, -0.1) is 0 Å². The summed E-state index contributed by atoms with van der Waals surface area (Å²) in [6, 6.07) is 13.9. The van der Waals surface area contributed by atoms with Crippen LogP contribution in [0.1, 0.15) is 16.8 Å². The van der Waals surface area contributed by atoms with Gasteiger partial charge in [0.25, 0.3) is 5.91 Å². The number of hydrogen-bond donors (Lipinski definition) is 2. The predicted octanol–water partition coefficient (Wildman–Crippen LogP) is 2.60. The number of methoxy groups -OCH3 is 1. The van der Waals surface area contributed by atoms with Gasteiger partial charge in [0.15, 0.2) is 0 Å². The molecule has 2 N–H and O–H groups in total. The summed E-state index contributed by atoms with van der Waals surface area (Å²) in [5.41, 5.74) is 1.06. The highest BCUT2D eigenvalue weighted by atomic mass is 16.5. The normalized spacial score (nSPS) is 19.2. The lowest BCUT2D eigenvalue weighted by Gasteiger charge is -2.36. The number of pyridine rings is 1. The zero-order valence-electron chi connectivity index (χ0n) is 16.0. The van der Waals surface area contributed by atoms with E-state index in [1.807, 2.05) is 30.3 Å². The number of amides is 1.